The predicted molar refractivity (Wildman–Crippen MR) is 85.7 cm³/mol. The maximum atomic E-state index is 12.2. The molecule has 5 nitrogen and oxygen atoms in total. The fourth-order valence-corrected chi connectivity index (χ4v) is 3.53. The molecule has 2 amide bonds. The van der Waals surface area contributed by atoms with Gasteiger partial charge >= 0.3 is 5.97 Å². The summed E-state index contributed by atoms with van der Waals surface area (Å²) >= 11 is 1.38. The van der Waals surface area contributed by atoms with E-state index in [4.69, 9.17) is 4.74 Å². The fourth-order valence-electron chi connectivity index (χ4n) is 2.52. The smallest absolute Gasteiger partial charge is 0.350 e. The monoisotopic (exact) mass is 329 g/mol. The molecule has 0 bridgehead atoms. The summed E-state index contributed by atoms with van der Waals surface area (Å²) in [5.74, 6) is -1.39. The quantitative estimate of drug-likeness (QED) is 0.639. The number of hydrogen-bond acceptors (Lipinski definition) is 5. The Morgan fingerprint density at radius 1 is 1.17 bits per heavy atom. The lowest BCUT2D eigenvalue weighted by molar-refractivity contribution is 0.0232. The van der Waals surface area contributed by atoms with Crippen LogP contribution < -0.4 is 0 Å². The molecular formula is C17H15NO4S. The van der Waals surface area contributed by atoms with Gasteiger partial charge in [-0.25, -0.2) is 9.69 Å². The van der Waals surface area contributed by atoms with Crippen molar-refractivity contribution in [1.82, 2.24) is 4.90 Å². The standard InChI is InChI=1S/C17H15NO4S/c1-3-13-10(2)8-14(23-13)17(21)22-9-18-15(19)11-6-4-5-7-12(11)16(18)20/h4-8H,3,9H2,1-2H3. The van der Waals surface area contributed by atoms with Crippen LogP contribution in [-0.4, -0.2) is 29.4 Å². The van der Waals surface area contributed by atoms with Crippen molar-refractivity contribution in [2.24, 2.45) is 0 Å². The van der Waals surface area contributed by atoms with Gasteiger partial charge in [-0.05, 0) is 37.1 Å². The second-order valence-corrected chi connectivity index (χ2v) is 6.35. The molecule has 0 saturated carbocycles. The Kier molecular flexibility index (Phi) is 4.00. The first-order valence-corrected chi connectivity index (χ1v) is 8.06. The highest BCUT2D eigenvalue weighted by Gasteiger charge is 2.35. The van der Waals surface area contributed by atoms with Crippen LogP contribution in [0, 0.1) is 6.92 Å². The molecule has 0 fully saturated rings. The van der Waals surface area contributed by atoms with E-state index in [1.54, 1.807) is 30.3 Å². The Morgan fingerprint density at radius 2 is 1.78 bits per heavy atom. The van der Waals surface area contributed by atoms with E-state index in [9.17, 15) is 14.4 Å². The number of carbonyl (C=O) groups is 3. The number of hydrogen-bond donors (Lipinski definition) is 0. The van der Waals surface area contributed by atoms with Gasteiger partial charge in [-0.2, -0.15) is 0 Å². The topological polar surface area (TPSA) is 63.7 Å². The molecule has 2 heterocycles. The highest BCUT2D eigenvalue weighted by Crippen LogP contribution is 2.25. The first-order valence-electron chi connectivity index (χ1n) is 7.24. The molecule has 0 saturated heterocycles. The number of fused-ring (bicyclic) bond motifs is 1. The molecule has 6 heteroatoms. The van der Waals surface area contributed by atoms with Crippen molar-refractivity contribution < 1.29 is 19.1 Å². The minimum atomic E-state index is -0.519. The predicted octanol–water partition coefficient (Wildman–Crippen LogP) is 3.03. The second kappa shape index (κ2) is 5.96. The van der Waals surface area contributed by atoms with E-state index < -0.39 is 17.8 Å². The molecule has 1 aliphatic rings. The van der Waals surface area contributed by atoms with Gasteiger partial charge in [0.05, 0.1) is 11.1 Å². The summed E-state index contributed by atoms with van der Waals surface area (Å²) in [7, 11) is 0. The molecule has 0 unspecified atom stereocenters. The molecule has 0 atom stereocenters. The van der Waals surface area contributed by atoms with E-state index in [2.05, 4.69) is 0 Å². The summed E-state index contributed by atoms with van der Waals surface area (Å²) in [4.78, 5) is 39.0. The van der Waals surface area contributed by atoms with E-state index in [0.717, 1.165) is 21.8 Å². The molecule has 0 N–H and O–H groups in total. The van der Waals surface area contributed by atoms with E-state index in [1.165, 1.54) is 11.3 Å². The van der Waals surface area contributed by atoms with Crippen LogP contribution in [0.5, 0.6) is 0 Å². The molecule has 0 spiro atoms. The van der Waals surface area contributed by atoms with Crippen LogP contribution >= 0.6 is 11.3 Å². The number of amides is 2. The van der Waals surface area contributed by atoms with Gasteiger partial charge in [-0.1, -0.05) is 19.1 Å². The lowest BCUT2D eigenvalue weighted by atomic mass is 10.1. The summed E-state index contributed by atoms with van der Waals surface area (Å²) in [6.45, 7) is 3.59. The molecule has 3 rings (SSSR count). The minimum Gasteiger partial charge on any atom is -0.439 e. The van der Waals surface area contributed by atoms with Crippen LogP contribution in [0.1, 0.15) is 47.8 Å². The van der Waals surface area contributed by atoms with Gasteiger partial charge in [-0.3, -0.25) is 9.59 Å². The lowest BCUT2D eigenvalue weighted by Crippen LogP contribution is -2.33. The van der Waals surface area contributed by atoms with Gasteiger partial charge in [-0.15, -0.1) is 11.3 Å². The van der Waals surface area contributed by atoms with Crippen molar-refractivity contribution in [1.29, 1.82) is 0 Å². The maximum Gasteiger partial charge on any atom is 0.350 e. The Morgan fingerprint density at radius 3 is 2.30 bits per heavy atom. The number of benzene rings is 1. The summed E-state index contributed by atoms with van der Waals surface area (Å²) < 4.78 is 5.15. The number of aryl methyl sites for hydroxylation is 2. The summed E-state index contributed by atoms with van der Waals surface area (Å²) in [5.41, 5.74) is 1.73. The number of esters is 1. The fraction of sp³-hybridized carbons (Fsp3) is 0.235. The van der Waals surface area contributed by atoms with Crippen molar-refractivity contribution in [3.05, 3.63) is 56.8 Å². The zero-order valence-electron chi connectivity index (χ0n) is 12.8. The van der Waals surface area contributed by atoms with Crippen molar-refractivity contribution in [2.75, 3.05) is 6.73 Å². The van der Waals surface area contributed by atoms with Crippen LogP contribution in [0.2, 0.25) is 0 Å². The lowest BCUT2D eigenvalue weighted by Gasteiger charge is -2.13. The third-order valence-corrected chi connectivity index (χ3v) is 5.11. The van der Waals surface area contributed by atoms with Crippen molar-refractivity contribution in [2.45, 2.75) is 20.3 Å². The number of imide groups is 1. The minimum absolute atomic E-state index is 0.341. The Hall–Kier alpha value is -2.47. The van der Waals surface area contributed by atoms with Gasteiger partial charge in [0.25, 0.3) is 11.8 Å². The Balaban J connectivity index is 1.70. The largest absolute Gasteiger partial charge is 0.439 e. The maximum absolute atomic E-state index is 12.2. The molecule has 2 aromatic rings. The van der Waals surface area contributed by atoms with E-state index in [0.29, 0.717) is 16.0 Å². The Bertz CT molecular complexity index is 774. The first-order chi connectivity index (χ1) is 11.0. The van der Waals surface area contributed by atoms with Crippen LogP contribution in [0.4, 0.5) is 0 Å². The van der Waals surface area contributed by atoms with Gasteiger partial charge in [0.15, 0.2) is 6.73 Å². The number of carbonyl (C=O) groups excluding carboxylic acids is 3. The SMILES string of the molecule is CCc1sc(C(=O)OCN2C(=O)c3ccccc3C2=O)cc1C. The third kappa shape index (κ3) is 2.66. The molecular weight excluding hydrogens is 314 g/mol. The first kappa shape index (κ1) is 15.4. The van der Waals surface area contributed by atoms with Crippen molar-refractivity contribution in [3.63, 3.8) is 0 Å². The normalized spacial score (nSPS) is 13.4. The number of nitrogens with zero attached hydrogens (tertiary/aromatic N) is 1. The van der Waals surface area contributed by atoms with Crippen molar-refractivity contribution >= 4 is 29.1 Å². The molecule has 1 aliphatic heterocycles. The van der Waals surface area contributed by atoms with Gasteiger partial charge in [0.2, 0.25) is 0 Å². The van der Waals surface area contributed by atoms with Crippen LogP contribution in [-0.2, 0) is 11.2 Å². The number of rotatable bonds is 4. The van der Waals surface area contributed by atoms with Crippen LogP contribution in [0.3, 0.4) is 0 Å². The molecule has 0 aliphatic carbocycles. The zero-order chi connectivity index (χ0) is 16.6. The molecule has 0 radical (unpaired) electrons. The number of ether oxygens (including phenoxy) is 1. The van der Waals surface area contributed by atoms with Crippen LogP contribution in [0.25, 0.3) is 0 Å². The Labute approximate surface area is 137 Å². The van der Waals surface area contributed by atoms with Gasteiger partial charge in [0.1, 0.15) is 4.88 Å². The zero-order valence-corrected chi connectivity index (χ0v) is 13.6. The van der Waals surface area contributed by atoms with Gasteiger partial charge in [0, 0.05) is 4.88 Å². The van der Waals surface area contributed by atoms with Crippen molar-refractivity contribution in [3.8, 4) is 0 Å². The average Bonchev–Trinajstić information content (AvgIpc) is 3.05. The highest BCUT2D eigenvalue weighted by atomic mass is 32.1. The summed E-state index contributed by atoms with van der Waals surface area (Å²) in [5, 5.41) is 0. The summed E-state index contributed by atoms with van der Waals surface area (Å²) in [6.07, 6.45) is 0.849. The van der Waals surface area contributed by atoms with Gasteiger partial charge < -0.3 is 4.74 Å². The average molecular weight is 329 g/mol. The van der Waals surface area contributed by atoms with E-state index >= 15 is 0 Å². The summed E-state index contributed by atoms with van der Waals surface area (Å²) in [6, 6.07) is 8.34. The molecule has 1 aromatic carbocycles. The number of thiophene rings is 1. The second-order valence-electron chi connectivity index (χ2n) is 5.22. The van der Waals surface area contributed by atoms with Crippen LogP contribution in [0.15, 0.2) is 30.3 Å². The molecule has 118 valence electrons. The molecule has 23 heavy (non-hydrogen) atoms. The molecule has 1 aromatic heterocycles. The van der Waals surface area contributed by atoms with E-state index in [-0.39, 0.29) is 6.73 Å². The highest BCUT2D eigenvalue weighted by molar-refractivity contribution is 7.14. The third-order valence-electron chi connectivity index (χ3n) is 3.75. The van der Waals surface area contributed by atoms with E-state index in [1.807, 2.05) is 13.8 Å².